The number of benzene rings is 2. The van der Waals surface area contributed by atoms with E-state index in [9.17, 15) is 17.6 Å². The van der Waals surface area contributed by atoms with E-state index in [-0.39, 0.29) is 28.7 Å². The maximum absolute atomic E-state index is 13.5. The van der Waals surface area contributed by atoms with Gasteiger partial charge in [0.1, 0.15) is 5.82 Å². The van der Waals surface area contributed by atoms with Crippen molar-refractivity contribution < 1.29 is 17.6 Å². The average molecular weight is 475 g/mol. The van der Waals surface area contributed by atoms with Crippen molar-refractivity contribution in [2.45, 2.75) is 56.0 Å². The summed E-state index contributed by atoms with van der Waals surface area (Å²) in [6.07, 6.45) is 3.91. The van der Waals surface area contributed by atoms with Crippen LogP contribution in [0.4, 0.5) is 10.1 Å². The van der Waals surface area contributed by atoms with Crippen LogP contribution in [0.5, 0.6) is 0 Å². The number of nitrogens with zero attached hydrogens (tertiary/aromatic N) is 2. The summed E-state index contributed by atoms with van der Waals surface area (Å²) in [5.41, 5.74) is 9.06. The van der Waals surface area contributed by atoms with Gasteiger partial charge in [-0.1, -0.05) is 12.1 Å². The fourth-order valence-corrected chi connectivity index (χ4v) is 5.94. The molecule has 2 aromatic carbocycles. The van der Waals surface area contributed by atoms with Crippen molar-refractivity contribution >= 4 is 21.6 Å². The molecular formula is C24H31FN4O3S. The van der Waals surface area contributed by atoms with Crippen LogP contribution in [0.2, 0.25) is 0 Å². The highest BCUT2D eigenvalue weighted by molar-refractivity contribution is 7.89. The summed E-state index contributed by atoms with van der Waals surface area (Å²) in [5, 5.41) is 0. The van der Waals surface area contributed by atoms with Crippen LogP contribution in [-0.2, 0) is 21.2 Å². The third-order valence-electron chi connectivity index (χ3n) is 6.52. The number of hydrogen-bond acceptors (Lipinski definition) is 5. The fourth-order valence-electron chi connectivity index (χ4n) is 4.68. The van der Waals surface area contributed by atoms with E-state index in [0.29, 0.717) is 19.5 Å². The van der Waals surface area contributed by atoms with Gasteiger partial charge in [0, 0.05) is 44.8 Å². The predicted molar refractivity (Wildman–Crippen MR) is 126 cm³/mol. The minimum Gasteiger partial charge on any atom is -0.312 e. The molecule has 178 valence electrons. The zero-order valence-electron chi connectivity index (χ0n) is 19.1. The number of hydrogen-bond donors (Lipinski definition) is 2. The van der Waals surface area contributed by atoms with E-state index in [2.05, 4.69) is 10.9 Å². The molecule has 9 heteroatoms. The number of sulfonamides is 1. The quantitative estimate of drug-likeness (QED) is 0.644. The third-order valence-corrected chi connectivity index (χ3v) is 8.37. The van der Waals surface area contributed by atoms with E-state index in [0.717, 1.165) is 42.5 Å². The maximum atomic E-state index is 13.5. The molecule has 2 N–H and O–H groups in total. The molecule has 2 aromatic rings. The second kappa shape index (κ2) is 9.89. The molecule has 2 unspecified atom stereocenters. The van der Waals surface area contributed by atoms with Gasteiger partial charge in [0.05, 0.1) is 4.90 Å². The Bertz CT molecular complexity index is 1120. The van der Waals surface area contributed by atoms with Crippen molar-refractivity contribution in [2.75, 3.05) is 25.0 Å². The first-order valence-electron chi connectivity index (χ1n) is 11.4. The van der Waals surface area contributed by atoms with Crippen LogP contribution < -0.4 is 15.8 Å². The monoisotopic (exact) mass is 474 g/mol. The zero-order valence-corrected chi connectivity index (χ0v) is 19.9. The Hall–Kier alpha value is -2.33. The second-order valence-corrected chi connectivity index (χ2v) is 10.9. The average Bonchev–Trinajstić information content (AvgIpc) is 3.27. The Morgan fingerprint density at radius 3 is 2.79 bits per heavy atom. The van der Waals surface area contributed by atoms with Crippen LogP contribution in [0.1, 0.15) is 49.8 Å². The topological polar surface area (TPSA) is 81.8 Å². The summed E-state index contributed by atoms with van der Waals surface area (Å²) in [6, 6.07) is 11.9. The molecule has 0 aliphatic carbocycles. The summed E-state index contributed by atoms with van der Waals surface area (Å²) in [5.74, 6) is -0.279. The van der Waals surface area contributed by atoms with Gasteiger partial charge in [-0.25, -0.2) is 17.1 Å². The minimum absolute atomic E-state index is 0.0293. The third kappa shape index (κ3) is 5.27. The lowest BCUT2D eigenvalue weighted by Crippen LogP contribution is -2.34. The van der Waals surface area contributed by atoms with Crippen LogP contribution in [0.3, 0.4) is 0 Å². The molecule has 0 bridgehead atoms. The summed E-state index contributed by atoms with van der Waals surface area (Å²) >= 11 is 0. The van der Waals surface area contributed by atoms with Gasteiger partial charge in [-0.2, -0.15) is 0 Å². The molecule has 2 heterocycles. The summed E-state index contributed by atoms with van der Waals surface area (Å²) in [6.45, 7) is 2.60. The molecule has 0 radical (unpaired) electrons. The first kappa shape index (κ1) is 23.8. The van der Waals surface area contributed by atoms with Gasteiger partial charge < -0.3 is 4.90 Å². The number of halogens is 1. The highest BCUT2D eigenvalue weighted by Crippen LogP contribution is 2.30. The standard InChI is InChI=1S/C24H31FN4O3S/c1-17(30)29-13-4-7-19-15-22(10-11-24(19)29)33(31,32)28(2)12-5-9-21-16-23(27-26-21)18-6-3-8-20(25)14-18/h3,6,8,10-11,14-15,21,23,26-27H,4-5,7,9,12-13,16H2,1-2H3. The molecule has 1 fully saturated rings. The van der Waals surface area contributed by atoms with Crippen LogP contribution in [-0.4, -0.2) is 44.8 Å². The lowest BCUT2D eigenvalue weighted by atomic mass is 10.00. The summed E-state index contributed by atoms with van der Waals surface area (Å²) in [7, 11) is -2.01. The Balaban J connectivity index is 1.33. The molecule has 2 atom stereocenters. The fraction of sp³-hybridized carbons (Fsp3) is 0.458. The largest absolute Gasteiger partial charge is 0.312 e. The van der Waals surface area contributed by atoms with Gasteiger partial charge in [0.25, 0.3) is 0 Å². The molecule has 2 aliphatic rings. The van der Waals surface area contributed by atoms with E-state index < -0.39 is 10.0 Å². The first-order chi connectivity index (χ1) is 15.8. The lowest BCUT2D eigenvalue weighted by molar-refractivity contribution is -0.116. The Morgan fingerprint density at radius 1 is 1.21 bits per heavy atom. The van der Waals surface area contributed by atoms with Gasteiger partial charge in [-0.05, 0) is 73.6 Å². The number of amides is 1. The Kier molecular flexibility index (Phi) is 7.13. The van der Waals surface area contributed by atoms with Crippen LogP contribution >= 0.6 is 0 Å². The highest BCUT2D eigenvalue weighted by Gasteiger charge is 2.27. The van der Waals surface area contributed by atoms with Gasteiger partial charge in [0.2, 0.25) is 15.9 Å². The van der Waals surface area contributed by atoms with E-state index in [1.165, 1.54) is 23.4 Å². The van der Waals surface area contributed by atoms with Crippen molar-refractivity contribution in [2.24, 2.45) is 0 Å². The molecule has 0 saturated carbocycles. The molecule has 4 rings (SSSR count). The Morgan fingerprint density at radius 2 is 2.03 bits per heavy atom. The van der Waals surface area contributed by atoms with Crippen molar-refractivity contribution in [1.29, 1.82) is 0 Å². The number of carbonyl (C=O) groups is 1. The molecular weight excluding hydrogens is 443 g/mol. The predicted octanol–water partition coefficient (Wildman–Crippen LogP) is 3.13. The van der Waals surface area contributed by atoms with Crippen molar-refractivity contribution in [3.63, 3.8) is 0 Å². The minimum atomic E-state index is -3.61. The second-order valence-electron chi connectivity index (χ2n) is 8.86. The zero-order chi connectivity index (χ0) is 23.6. The van der Waals surface area contributed by atoms with Crippen LogP contribution in [0.15, 0.2) is 47.4 Å². The smallest absolute Gasteiger partial charge is 0.242 e. The van der Waals surface area contributed by atoms with Crippen LogP contribution in [0.25, 0.3) is 0 Å². The molecule has 1 amide bonds. The van der Waals surface area contributed by atoms with Gasteiger partial charge >= 0.3 is 0 Å². The van der Waals surface area contributed by atoms with Gasteiger partial charge in [0.15, 0.2) is 0 Å². The van der Waals surface area contributed by atoms with E-state index in [4.69, 9.17) is 0 Å². The number of rotatable bonds is 7. The van der Waals surface area contributed by atoms with Gasteiger partial charge in [-0.15, -0.1) is 0 Å². The van der Waals surface area contributed by atoms with E-state index >= 15 is 0 Å². The maximum Gasteiger partial charge on any atom is 0.242 e. The molecule has 1 saturated heterocycles. The van der Waals surface area contributed by atoms with Crippen molar-refractivity contribution in [3.8, 4) is 0 Å². The highest BCUT2D eigenvalue weighted by atomic mass is 32.2. The normalized spacial score (nSPS) is 20.8. The number of aryl methyl sites for hydroxylation is 1. The number of hydrazine groups is 1. The number of fused-ring (bicyclic) bond motifs is 1. The van der Waals surface area contributed by atoms with Crippen molar-refractivity contribution in [1.82, 2.24) is 15.2 Å². The molecule has 33 heavy (non-hydrogen) atoms. The Labute approximate surface area is 195 Å². The van der Waals surface area contributed by atoms with E-state index in [1.54, 1.807) is 36.2 Å². The lowest BCUT2D eigenvalue weighted by Gasteiger charge is -2.29. The first-order valence-corrected chi connectivity index (χ1v) is 12.8. The summed E-state index contributed by atoms with van der Waals surface area (Å²) < 4.78 is 41.1. The number of carbonyl (C=O) groups excluding carboxylic acids is 1. The van der Waals surface area contributed by atoms with E-state index in [1.807, 2.05) is 6.07 Å². The van der Waals surface area contributed by atoms with Gasteiger partial charge in [-0.3, -0.25) is 15.6 Å². The van der Waals surface area contributed by atoms with Crippen LogP contribution in [0, 0.1) is 5.82 Å². The van der Waals surface area contributed by atoms with Crippen molar-refractivity contribution in [3.05, 3.63) is 59.4 Å². The number of anilines is 1. The molecule has 0 spiro atoms. The summed E-state index contributed by atoms with van der Waals surface area (Å²) in [4.78, 5) is 13.8. The molecule has 7 nitrogen and oxygen atoms in total. The SMILES string of the molecule is CC(=O)N1CCCc2cc(S(=O)(=O)N(C)CCCC3CC(c4cccc(F)c4)NN3)ccc21. The number of nitrogens with one attached hydrogen (secondary N) is 2. The molecule has 0 aromatic heterocycles. The molecule has 2 aliphatic heterocycles.